The molecule has 1 unspecified atom stereocenters. The number of hydrogen-bond donors (Lipinski definition) is 1. The number of carbonyl (C=O) groups excluding carboxylic acids is 1. The highest BCUT2D eigenvalue weighted by Crippen LogP contribution is 2.31. The highest BCUT2D eigenvalue weighted by Gasteiger charge is 2.38. The van der Waals surface area contributed by atoms with E-state index in [-0.39, 0.29) is 17.4 Å². The molecule has 1 N–H and O–H groups in total. The zero-order valence-electron chi connectivity index (χ0n) is 12.5. The van der Waals surface area contributed by atoms with E-state index in [2.05, 4.69) is 32.1 Å². The van der Waals surface area contributed by atoms with E-state index in [1.807, 2.05) is 26.0 Å². The quantitative estimate of drug-likeness (QED) is 0.812. The van der Waals surface area contributed by atoms with Crippen LogP contribution in [0.3, 0.4) is 0 Å². The summed E-state index contributed by atoms with van der Waals surface area (Å²) in [6, 6.07) is 3.76. The highest BCUT2D eigenvalue weighted by atomic mass is 16.2. The number of carbonyl (C=O) groups is 1. The van der Waals surface area contributed by atoms with Crippen LogP contribution in [0, 0.1) is 11.8 Å². The van der Waals surface area contributed by atoms with Gasteiger partial charge in [-0.2, -0.15) is 0 Å². The van der Waals surface area contributed by atoms with Crippen molar-refractivity contribution >= 4 is 5.91 Å². The van der Waals surface area contributed by atoms with Gasteiger partial charge in [0.15, 0.2) is 0 Å². The Morgan fingerprint density at radius 1 is 1.14 bits per heavy atom. The maximum atomic E-state index is 12.0. The molecule has 0 radical (unpaired) electrons. The van der Waals surface area contributed by atoms with Crippen LogP contribution in [0.5, 0.6) is 0 Å². The lowest BCUT2D eigenvalue weighted by Gasteiger charge is -2.16. The van der Waals surface area contributed by atoms with Crippen molar-refractivity contribution in [2.24, 2.45) is 0 Å². The van der Waals surface area contributed by atoms with Gasteiger partial charge >= 0.3 is 0 Å². The zero-order chi connectivity index (χ0) is 15.6. The molecular weight excluding hydrogens is 276 g/mol. The van der Waals surface area contributed by atoms with Crippen LogP contribution in [0.15, 0.2) is 37.1 Å². The SMILES string of the molecule is CC1(C)CC(c2ccc(C#Cc3cncnc3)cn2)C(=O)N1. The Kier molecular flexibility index (Phi) is 3.60. The molecule has 110 valence electrons. The van der Waals surface area contributed by atoms with Gasteiger partial charge in [0.05, 0.1) is 17.2 Å². The maximum absolute atomic E-state index is 12.0. The van der Waals surface area contributed by atoms with Crippen LogP contribution in [0.4, 0.5) is 0 Å². The first-order valence-electron chi connectivity index (χ1n) is 7.08. The van der Waals surface area contributed by atoms with Crippen LogP contribution in [-0.4, -0.2) is 26.4 Å². The number of rotatable bonds is 1. The number of aromatic nitrogens is 3. The predicted octanol–water partition coefficient (Wildman–Crippen LogP) is 1.65. The summed E-state index contributed by atoms with van der Waals surface area (Å²) in [5.74, 6) is 5.85. The predicted molar refractivity (Wildman–Crippen MR) is 81.8 cm³/mol. The summed E-state index contributed by atoms with van der Waals surface area (Å²) in [5.41, 5.74) is 2.17. The fraction of sp³-hybridized carbons (Fsp3) is 0.294. The molecule has 22 heavy (non-hydrogen) atoms. The van der Waals surface area contributed by atoms with Crippen LogP contribution < -0.4 is 5.32 Å². The number of amides is 1. The second-order valence-electron chi connectivity index (χ2n) is 5.98. The van der Waals surface area contributed by atoms with Gasteiger partial charge in [-0.05, 0) is 32.4 Å². The smallest absolute Gasteiger partial charge is 0.229 e. The van der Waals surface area contributed by atoms with Gasteiger partial charge in [0.2, 0.25) is 5.91 Å². The Morgan fingerprint density at radius 3 is 2.45 bits per heavy atom. The van der Waals surface area contributed by atoms with Crippen LogP contribution in [-0.2, 0) is 4.79 Å². The third-order valence-electron chi connectivity index (χ3n) is 3.55. The third kappa shape index (κ3) is 3.12. The molecule has 0 bridgehead atoms. The Hall–Kier alpha value is -2.74. The van der Waals surface area contributed by atoms with E-state index in [1.165, 1.54) is 6.33 Å². The minimum absolute atomic E-state index is 0.0396. The molecule has 5 heteroatoms. The standard InChI is InChI=1S/C17H16N4O/c1-17(2)7-14(16(22)21-17)15-6-5-12(10-20-15)3-4-13-8-18-11-19-9-13/h5-6,8-11,14H,7H2,1-2H3,(H,21,22). The largest absolute Gasteiger partial charge is 0.351 e. The van der Waals surface area contributed by atoms with Crippen LogP contribution in [0.1, 0.15) is 43.0 Å². The first kappa shape index (κ1) is 14.2. The zero-order valence-corrected chi connectivity index (χ0v) is 12.5. The van der Waals surface area contributed by atoms with Crippen molar-refractivity contribution in [3.63, 3.8) is 0 Å². The molecule has 3 heterocycles. The summed E-state index contributed by atoms with van der Waals surface area (Å²) in [4.78, 5) is 24.2. The average molecular weight is 292 g/mol. The summed E-state index contributed by atoms with van der Waals surface area (Å²) >= 11 is 0. The topological polar surface area (TPSA) is 67.8 Å². The van der Waals surface area contributed by atoms with Gasteiger partial charge in [-0.25, -0.2) is 9.97 Å². The summed E-state index contributed by atoms with van der Waals surface area (Å²) in [5, 5.41) is 2.98. The third-order valence-corrected chi connectivity index (χ3v) is 3.55. The van der Waals surface area contributed by atoms with Crippen molar-refractivity contribution < 1.29 is 4.79 Å². The van der Waals surface area contributed by atoms with E-state index < -0.39 is 0 Å². The van der Waals surface area contributed by atoms with Gasteiger partial charge in [-0.3, -0.25) is 9.78 Å². The van der Waals surface area contributed by atoms with Gasteiger partial charge in [-0.1, -0.05) is 11.8 Å². The van der Waals surface area contributed by atoms with Gasteiger partial charge in [-0.15, -0.1) is 0 Å². The molecule has 3 rings (SSSR count). The second-order valence-corrected chi connectivity index (χ2v) is 5.98. The molecule has 0 aromatic carbocycles. The minimum Gasteiger partial charge on any atom is -0.351 e. The molecule has 0 aliphatic carbocycles. The monoisotopic (exact) mass is 292 g/mol. The lowest BCUT2D eigenvalue weighted by molar-refractivity contribution is -0.120. The Balaban J connectivity index is 1.77. The summed E-state index contributed by atoms with van der Waals surface area (Å²) in [6.07, 6.45) is 7.24. The fourth-order valence-electron chi connectivity index (χ4n) is 2.51. The van der Waals surface area contributed by atoms with Gasteiger partial charge in [0.1, 0.15) is 6.33 Å². The van der Waals surface area contributed by atoms with E-state index in [4.69, 9.17) is 0 Å². The molecule has 0 spiro atoms. The van der Waals surface area contributed by atoms with Crippen molar-refractivity contribution in [1.29, 1.82) is 0 Å². The molecule has 0 saturated carbocycles. The van der Waals surface area contributed by atoms with E-state index in [0.717, 1.165) is 23.2 Å². The number of hydrogen-bond acceptors (Lipinski definition) is 4. The van der Waals surface area contributed by atoms with Crippen LogP contribution in [0.2, 0.25) is 0 Å². The van der Waals surface area contributed by atoms with Crippen molar-refractivity contribution in [1.82, 2.24) is 20.3 Å². The normalized spacial score (nSPS) is 19.2. The minimum atomic E-state index is -0.181. The highest BCUT2D eigenvalue weighted by molar-refractivity contribution is 5.86. The lowest BCUT2D eigenvalue weighted by Crippen LogP contribution is -2.34. The van der Waals surface area contributed by atoms with Crippen molar-refractivity contribution in [3.8, 4) is 11.8 Å². The first-order valence-corrected chi connectivity index (χ1v) is 7.08. The number of nitrogens with one attached hydrogen (secondary N) is 1. The van der Waals surface area contributed by atoms with E-state index in [9.17, 15) is 4.79 Å². The van der Waals surface area contributed by atoms with E-state index in [0.29, 0.717) is 0 Å². The molecule has 2 aromatic heterocycles. The molecule has 2 aromatic rings. The van der Waals surface area contributed by atoms with Gasteiger partial charge in [0, 0.05) is 29.7 Å². The van der Waals surface area contributed by atoms with Crippen molar-refractivity contribution in [2.75, 3.05) is 0 Å². The number of pyridine rings is 1. The molecule has 5 nitrogen and oxygen atoms in total. The second kappa shape index (κ2) is 5.57. The number of nitrogens with zero attached hydrogens (tertiary/aromatic N) is 3. The van der Waals surface area contributed by atoms with Gasteiger partial charge in [0.25, 0.3) is 0 Å². The molecule has 1 saturated heterocycles. The fourth-order valence-corrected chi connectivity index (χ4v) is 2.51. The van der Waals surface area contributed by atoms with Crippen LogP contribution in [0.25, 0.3) is 0 Å². The Bertz CT molecular complexity index is 742. The Morgan fingerprint density at radius 2 is 1.86 bits per heavy atom. The molecule has 1 amide bonds. The molecule has 1 atom stereocenters. The summed E-state index contributed by atoms with van der Waals surface area (Å²) < 4.78 is 0. The Labute approximate surface area is 129 Å². The van der Waals surface area contributed by atoms with Crippen molar-refractivity contribution in [3.05, 3.63) is 53.9 Å². The molecular formula is C17H16N4O. The van der Waals surface area contributed by atoms with Gasteiger partial charge < -0.3 is 5.32 Å². The summed E-state index contributed by atoms with van der Waals surface area (Å²) in [7, 11) is 0. The maximum Gasteiger partial charge on any atom is 0.229 e. The van der Waals surface area contributed by atoms with Crippen molar-refractivity contribution in [2.45, 2.75) is 31.7 Å². The molecule has 1 aliphatic rings. The molecule has 1 aliphatic heterocycles. The lowest BCUT2D eigenvalue weighted by atomic mass is 9.94. The van der Waals surface area contributed by atoms with E-state index in [1.54, 1.807) is 18.6 Å². The van der Waals surface area contributed by atoms with E-state index >= 15 is 0 Å². The molecule has 1 fully saturated rings. The summed E-state index contributed by atoms with van der Waals surface area (Å²) in [6.45, 7) is 4.04. The first-order chi connectivity index (χ1) is 10.5. The van der Waals surface area contributed by atoms with Crippen LogP contribution >= 0.6 is 0 Å². The average Bonchev–Trinajstić information content (AvgIpc) is 2.80.